The van der Waals surface area contributed by atoms with Crippen molar-refractivity contribution in [2.45, 2.75) is 33.5 Å². The third-order valence-corrected chi connectivity index (χ3v) is 2.16. The van der Waals surface area contributed by atoms with E-state index in [1.807, 2.05) is 19.9 Å². The zero-order chi connectivity index (χ0) is 12.6. The Morgan fingerprint density at radius 1 is 1.31 bits per heavy atom. The first-order valence-corrected chi connectivity index (χ1v) is 8.79. The van der Waals surface area contributed by atoms with Gasteiger partial charge < -0.3 is 9.16 Å². The number of allylic oxidation sites excluding steroid dienone is 2. The maximum Gasteiger partial charge on any atom is 0.266 e. The number of rotatable bonds is 6. The minimum atomic E-state index is -1.63. The Balaban J connectivity index is 4.66. The van der Waals surface area contributed by atoms with Crippen LogP contribution in [0.1, 0.15) is 13.8 Å². The lowest BCUT2D eigenvalue weighted by Crippen LogP contribution is -2.25. The van der Waals surface area contributed by atoms with Crippen molar-refractivity contribution in [1.29, 1.82) is 0 Å². The van der Waals surface area contributed by atoms with Crippen LogP contribution in [0.15, 0.2) is 42.1 Å². The summed E-state index contributed by atoms with van der Waals surface area (Å²) in [4.78, 5) is 0. The van der Waals surface area contributed by atoms with Gasteiger partial charge in [-0.3, -0.25) is 0 Å². The molecule has 0 aromatic heterocycles. The lowest BCUT2D eigenvalue weighted by atomic mass is 10.3. The molecule has 0 saturated carbocycles. The van der Waals surface area contributed by atoms with E-state index in [4.69, 9.17) is 9.16 Å². The minimum Gasteiger partial charge on any atom is -0.520 e. The largest absolute Gasteiger partial charge is 0.520 e. The summed E-state index contributed by atoms with van der Waals surface area (Å²) in [5, 5.41) is 0. The molecule has 0 aromatic rings. The molecule has 0 N–H and O–H groups in total. The van der Waals surface area contributed by atoms with Gasteiger partial charge in [0.25, 0.3) is 5.95 Å². The summed E-state index contributed by atoms with van der Waals surface area (Å²) >= 11 is 0. The van der Waals surface area contributed by atoms with Crippen LogP contribution in [0.25, 0.3) is 0 Å². The zero-order valence-electron chi connectivity index (χ0n) is 11.0. The van der Waals surface area contributed by atoms with E-state index in [1.165, 1.54) is 0 Å². The van der Waals surface area contributed by atoms with E-state index in [-0.39, 0.29) is 0 Å². The van der Waals surface area contributed by atoms with Crippen molar-refractivity contribution in [2.24, 2.45) is 0 Å². The molecule has 0 saturated heterocycles. The fourth-order valence-corrected chi connectivity index (χ4v) is 1.56. The van der Waals surface area contributed by atoms with Gasteiger partial charge in [0.05, 0.1) is 0 Å². The van der Waals surface area contributed by atoms with Gasteiger partial charge in [-0.15, -0.1) is 5.73 Å². The predicted molar refractivity (Wildman–Crippen MR) is 71.6 cm³/mol. The Morgan fingerprint density at radius 3 is 2.38 bits per heavy atom. The Hall–Kier alpha value is -1.18. The van der Waals surface area contributed by atoms with E-state index in [9.17, 15) is 0 Å². The van der Waals surface area contributed by atoms with Crippen molar-refractivity contribution in [3.8, 4) is 0 Å². The highest BCUT2D eigenvalue weighted by molar-refractivity contribution is 6.69. The molecular weight excluding hydrogens is 216 g/mol. The van der Waals surface area contributed by atoms with Gasteiger partial charge in [0.1, 0.15) is 6.61 Å². The average Bonchev–Trinajstić information content (AvgIpc) is 2.11. The van der Waals surface area contributed by atoms with Crippen molar-refractivity contribution < 1.29 is 9.16 Å². The van der Waals surface area contributed by atoms with Gasteiger partial charge in [0.2, 0.25) is 8.32 Å². The molecule has 0 aliphatic carbocycles. The van der Waals surface area contributed by atoms with Crippen molar-refractivity contribution in [1.82, 2.24) is 0 Å². The lowest BCUT2D eigenvalue weighted by molar-refractivity contribution is 0.123. The molecule has 0 aromatic carbocycles. The van der Waals surface area contributed by atoms with Crippen molar-refractivity contribution in [3.05, 3.63) is 42.1 Å². The SMILES string of the molecule is C=CCO/C(=C/C=C=C(C)C)O[Si](C)(C)C. The molecule has 0 aliphatic heterocycles. The van der Waals surface area contributed by atoms with Gasteiger partial charge in [0, 0.05) is 6.08 Å². The number of hydrogen-bond donors (Lipinski definition) is 0. The standard InChI is InChI=1S/C13H22O2Si/c1-7-11-14-13(15-16(4,5)6)10-8-9-12(2)3/h7-8,10H,1,11H2,2-6H3/b13-10-. The van der Waals surface area contributed by atoms with Crippen LogP contribution in [-0.2, 0) is 9.16 Å². The lowest BCUT2D eigenvalue weighted by Gasteiger charge is -2.20. The fourth-order valence-electron chi connectivity index (χ4n) is 0.831. The summed E-state index contributed by atoms with van der Waals surface area (Å²) in [6.45, 7) is 14.4. The predicted octanol–water partition coefficient (Wildman–Crippen LogP) is 4.00. The third kappa shape index (κ3) is 9.37. The smallest absolute Gasteiger partial charge is 0.266 e. The van der Waals surface area contributed by atoms with E-state index in [0.717, 1.165) is 5.57 Å². The van der Waals surface area contributed by atoms with Gasteiger partial charge in [-0.2, -0.15) is 0 Å². The first-order valence-electron chi connectivity index (χ1n) is 5.38. The maximum absolute atomic E-state index is 5.77. The molecule has 0 unspecified atom stereocenters. The molecule has 2 nitrogen and oxygen atoms in total. The Bertz CT molecular complexity index is 311. The molecule has 0 bridgehead atoms. The Kier molecular flexibility index (Phi) is 6.62. The summed E-state index contributed by atoms with van der Waals surface area (Å²) in [5.41, 5.74) is 4.20. The molecular formula is C13H22O2Si. The molecule has 0 fully saturated rings. The molecule has 0 radical (unpaired) electrons. The van der Waals surface area contributed by atoms with Gasteiger partial charge in [0.15, 0.2) is 0 Å². The van der Waals surface area contributed by atoms with Crippen molar-refractivity contribution >= 4 is 8.32 Å². The average molecular weight is 238 g/mol. The number of ether oxygens (including phenoxy) is 1. The van der Waals surface area contributed by atoms with Gasteiger partial charge in [-0.05, 0) is 45.1 Å². The normalized spacial score (nSPS) is 11.4. The van der Waals surface area contributed by atoms with E-state index in [2.05, 4.69) is 32.0 Å². The molecule has 0 amide bonds. The molecule has 3 heteroatoms. The highest BCUT2D eigenvalue weighted by atomic mass is 28.4. The van der Waals surface area contributed by atoms with Crippen LogP contribution in [0.4, 0.5) is 0 Å². The maximum atomic E-state index is 5.77. The quantitative estimate of drug-likeness (QED) is 0.229. The summed E-state index contributed by atoms with van der Waals surface area (Å²) in [6.07, 6.45) is 5.31. The second-order valence-corrected chi connectivity index (χ2v) is 9.04. The summed E-state index contributed by atoms with van der Waals surface area (Å²) in [5.74, 6) is 0.549. The van der Waals surface area contributed by atoms with Crippen LogP contribution in [0.2, 0.25) is 19.6 Å². The van der Waals surface area contributed by atoms with Gasteiger partial charge >= 0.3 is 0 Å². The molecule has 16 heavy (non-hydrogen) atoms. The molecule has 0 atom stereocenters. The van der Waals surface area contributed by atoms with E-state index < -0.39 is 8.32 Å². The van der Waals surface area contributed by atoms with E-state index in [0.29, 0.717) is 12.6 Å². The summed E-state index contributed by atoms with van der Waals surface area (Å²) in [6, 6.07) is 0. The summed E-state index contributed by atoms with van der Waals surface area (Å²) in [7, 11) is -1.63. The Morgan fingerprint density at radius 2 is 1.94 bits per heavy atom. The molecule has 0 aliphatic rings. The molecule has 90 valence electrons. The van der Waals surface area contributed by atoms with Crippen LogP contribution in [0, 0.1) is 0 Å². The highest BCUT2D eigenvalue weighted by Gasteiger charge is 2.17. The first-order chi connectivity index (χ1) is 7.35. The van der Waals surface area contributed by atoms with Crippen LogP contribution in [0.3, 0.4) is 0 Å². The fraction of sp³-hybridized carbons (Fsp3) is 0.462. The molecule has 0 heterocycles. The van der Waals surface area contributed by atoms with E-state index >= 15 is 0 Å². The molecule has 0 rings (SSSR count). The highest BCUT2D eigenvalue weighted by Crippen LogP contribution is 2.11. The first kappa shape index (κ1) is 14.8. The zero-order valence-corrected chi connectivity index (χ0v) is 12.0. The van der Waals surface area contributed by atoms with Crippen molar-refractivity contribution in [2.75, 3.05) is 6.61 Å². The monoisotopic (exact) mass is 238 g/mol. The number of hydrogen-bond acceptors (Lipinski definition) is 2. The van der Waals surface area contributed by atoms with E-state index in [1.54, 1.807) is 12.2 Å². The third-order valence-electron chi connectivity index (χ3n) is 1.34. The van der Waals surface area contributed by atoms with Crippen LogP contribution < -0.4 is 0 Å². The van der Waals surface area contributed by atoms with Crippen LogP contribution in [0.5, 0.6) is 0 Å². The molecule has 0 spiro atoms. The summed E-state index contributed by atoms with van der Waals surface area (Å²) < 4.78 is 11.2. The van der Waals surface area contributed by atoms with Crippen LogP contribution in [-0.4, -0.2) is 14.9 Å². The van der Waals surface area contributed by atoms with Gasteiger partial charge in [-0.1, -0.05) is 12.7 Å². The minimum absolute atomic E-state index is 0.457. The second-order valence-electron chi connectivity index (χ2n) is 4.61. The van der Waals surface area contributed by atoms with Crippen LogP contribution >= 0.6 is 0 Å². The second kappa shape index (κ2) is 7.15. The van der Waals surface area contributed by atoms with Crippen molar-refractivity contribution in [3.63, 3.8) is 0 Å². The van der Waals surface area contributed by atoms with Gasteiger partial charge in [-0.25, -0.2) is 0 Å². The topological polar surface area (TPSA) is 18.5 Å². The Labute approximate surface area is 100 Å².